The molecule has 12 nitrogen and oxygen atoms in total. The minimum atomic E-state index is -2.61. The molecule has 1 amide bonds. The lowest BCUT2D eigenvalue weighted by atomic mass is 9.59. The lowest BCUT2D eigenvalue weighted by Crippen LogP contribution is -2.58. The largest absolute Gasteiger partial charge is 0.508 e. The highest BCUT2D eigenvalue weighted by atomic mass is 16.4. The number of anilines is 1. The lowest BCUT2D eigenvalue weighted by molar-refractivity contribution is -0.147. The fraction of sp³-hybridized carbons (Fsp3) is 0.452. The van der Waals surface area contributed by atoms with Crippen LogP contribution in [0.15, 0.2) is 39.5 Å². The SMILES string of the molecule is CN(C)CCN(C)Cc1ccc(-c2cc(N(C)C)c3c(c2O)C(O)=C2C(=O)C4(O)C(O)=C(C(N)=O)C(=O)CC4CC2C3)o1. The van der Waals surface area contributed by atoms with Gasteiger partial charge in [-0.15, -0.1) is 0 Å². The van der Waals surface area contributed by atoms with E-state index >= 15 is 0 Å². The molecule has 0 aliphatic heterocycles. The van der Waals surface area contributed by atoms with Gasteiger partial charge in [0.25, 0.3) is 5.91 Å². The maximum atomic E-state index is 13.9. The van der Waals surface area contributed by atoms with Crippen LogP contribution in [0.1, 0.15) is 29.7 Å². The number of Topliss-reactive ketones (excluding diaryl/α,β-unsaturated/α-hetero) is 2. The van der Waals surface area contributed by atoms with Gasteiger partial charge in [-0.05, 0) is 63.7 Å². The number of primary amides is 1. The Morgan fingerprint density at radius 1 is 1.07 bits per heavy atom. The van der Waals surface area contributed by atoms with E-state index in [1.807, 2.05) is 46.2 Å². The summed E-state index contributed by atoms with van der Waals surface area (Å²) in [6.45, 7) is 2.23. The first-order valence-corrected chi connectivity index (χ1v) is 14.1. The Labute approximate surface area is 249 Å². The van der Waals surface area contributed by atoms with E-state index < -0.39 is 52.0 Å². The number of fused-ring (bicyclic) bond motifs is 3. The third-order valence-electron chi connectivity index (χ3n) is 8.80. The second kappa shape index (κ2) is 10.9. The molecule has 1 aromatic carbocycles. The lowest BCUT2D eigenvalue weighted by Gasteiger charge is -2.46. The molecule has 3 aliphatic rings. The van der Waals surface area contributed by atoms with Crippen LogP contribution >= 0.6 is 0 Å². The van der Waals surface area contributed by atoms with Crippen LogP contribution in [0.25, 0.3) is 17.1 Å². The Hall–Kier alpha value is -4.13. The Bertz CT molecular complexity index is 1590. The number of hydrogen-bond acceptors (Lipinski definition) is 11. The van der Waals surface area contributed by atoms with Crippen molar-refractivity contribution in [1.82, 2.24) is 9.80 Å². The van der Waals surface area contributed by atoms with Crippen molar-refractivity contribution in [2.75, 3.05) is 53.2 Å². The molecule has 1 saturated carbocycles. The number of benzene rings is 1. The molecule has 1 heterocycles. The average molecular weight is 595 g/mol. The van der Waals surface area contributed by atoms with Crippen LogP contribution in [0, 0.1) is 11.8 Å². The minimum Gasteiger partial charge on any atom is -0.508 e. The van der Waals surface area contributed by atoms with E-state index in [9.17, 15) is 34.8 Å². The van der Waals surface area contributed by atoms with Crippen LogP contribution in [0.4, 0.5) is 5.69 Å². The highest BCUT2D eigenvalue weighted by Gasteiger charge is 2.60. The molecule has 3 aliphatic carbocycles. The third-order valence-corrected chi connectivity index (χ3v) is 8.80. The molecule has 12 heteroatoms. The number of aliphatic hydroxyl groups is 3. The predicted octanol–water partition coefficient (Wildman–Crippen LogP) is 1.74. The van der Waals surface area contributed by atoms with Crippen LogP contribution in [0.5, 0.6) is 5.75 Å². The third kappa shape index (κ3) is 4.89. The van der Waals surface area contributed by atoms with Gasteiger partial charge in [0.05, 0.1) is 17.7 Å². The van der Waals surface area contributed by atoms with Gasteiger partial charge in [0, 0.05) is 50.8 Å². The molecule has 0 radical (unpaired) electrons. The van der Waals surface area contributed by atoms with Crippen molar-refractivity contribution in [3.8, 4) is 17.1 Å². The number of nitrogens with zero attached hydrogens (tertiary/aromatic N) is 3. The fourth-order valence-corrected chi connectivity index (χ4v) is 6.58. The van der Waals surface area contributed by atoms with E-state index in [0.29, 0.717) is 34.9 Å². The van der Waals surface area contributed by atoms with Crippen molar-refractivity contribution in [2.24, 2.45) is 17.6 Å². The van der Waals surface area contributed by atoms with Crippen molar-refractivity contribution < 1.29 is 39.2 Å². The van der Waals surface area contributed by atoms with Crippen molar-refractivity contribution in [2.45, 2.75) is 31.4 Å². The maximum absolute atomic E-state index is 13.9. The monoisotopic (exact) mass is 594 g/mol. The van der Waals surface area contributed by atoms with E-state index in [1.165, 1.54) is 0 Å². The molecule has 0 bridgehead atoms. The Morgan fingerprint density at radius 2 is 1.77 bits per heavy atom. The number of likely N-dealkylation sites (N-methyl/N-ethyl adjacent to an activating group) is 2. The van der Waals surface area contributed by atoms with Gasteiger partial charge in [-0.1, -0.05) is 0 Å². The van der Waals surface area contributed by atoms with Crippen molar-refractivity contribution >= 4 is 28.9 Å². The summed E-state index contributed by atoms with van der Waals surface area (Å²) < 4.78 is 6.11. The van der Waals surface area contributed by atoms with Crippen LogP contribution in [0.3, 0.4) is 0 Å². The summed E-state index contributed by atoms with van der Waals surface area (Å²) >= 11 is 0. The quantitative estimate of drug-likeness (QED) is 0.281. The molecule has 3 unspecified atom stereocenters. The molecule has 1 aromatic heterocycles. The van der Waals surface area contributed by atoms with Gasteiger partial charge < -0.3 is 40.4 Å². The fourth-order valence-electron chi connectivity index (χ4n) is 6.58. The molecule has 6 N–H and O–H groups in total. The number of hydrogen-bond donors (Lipinski definition) is 5. The van der Waals surface area contributed by atoms with E-state index in [2.05, 4.69) is 9.80 Å². The average Bonchev–Trinajstić information content (AvgIpc) is 3.37. The molecule has 0 saturated heterocycles. The van der Waals surface area contributed by atoms with Gasteiger partial charge in [0.1, 0.15) is 34.4 Å². The number of phenolic OH excluding ortho intramolecular Hbond substituents is 1. The van der Waals surface area contributed by atoms with Gasteiger partial charge in [-0.3, -0.25) is 19.3 Å². The molecule has 1 fully saturated rings. The van der Waals surface area contributed by atoms with E-state index in [1.54, 1.807) is 12.1 Å². The number of carbonyl (C=O) groups is 3. The van der Waals surface area contributed by atoms with Crippen LogP contribution < -0.4 is 10.6 Å². The van der Waals surface area contributed by atoms with Gasteiger partial charge in [0.15, 0.2) is 11.4 Å². The Kier molecular flexibility index (Phi) is 7.66. The van der Waals surface area contributed by atoms with Crippen molar-refractivity contribution in [3.05, 3.63) is 52.0 Å². The summed E-state index contributed by atoms with van der Waals surface area (Å²) in [5.74, 6) is -5.56. The second-order valence-electron chi connectivity index (χ2n) is 12.3. The normalized spacial score (nSPS) is 23.5. The number of phenols is 1. The molecular weight excluding hydrogens is 556 g/mol. The smallest absolute Gasteiger partial charge is 0.255 e. The summed E-state index contributed by atoms with van der Waals surface area (Å²) in [6, 6.07) is 5.32. The zero-order valence-corrected chi connectivity index (χ0v) is 25.0. The standard InChI is InChI=1S/C31H38N4O8/c1-33(2)8-9-35(5)14-17-6-7-22(43-17)19-13-20(34(3)4)18-11-15-10-16-12-21(36)25(30(32)41)29(40)31(16,42)28(39)23(15)27(38)24(18)26(19)37/h6-7,13,15-16,37-38,40,42H,8-12,14H2,1-5H3,(H2,32,41). The Balaban J connectivity index is 1.60. The highest BCUT2D eigenvalue weighted by Crippen LogP contribution is 2.54. The second-order valence-corrected chi connectivity index (χ2v) is 12.3. The maximum Gasteiger partial charge on any atom is 0.255 e. The number of rotatable bonds is 8. The number of ketones is 2. The summed E-state index contributed by atoms with van der Waals surface area (Å²) in [5.41, 5.74) is 3.26. The molecule has 230 valence electrons. The van der Waals surface area contributed by atoms with Crippen molar-refractivity contribution in [3.63, 3.8) is 0 Å². The van der Waals surface area contributed by atoms with E-state index in [-0.39, 0.29) is 36.1 Å². The van der Waals surface area contributed by atoms with E-state index in [0.717, 1.165) is 13.1 Å². The van der Waals surface area contributed by atoms with Gasteiger partial charge >= 0.3 is 0 Å². The van der Waals surface area contributed by atoms with E-state index in [4.69, 9.17) is 10.2 Å². The first-order chi connectivity index (χ1) is 20.2. The minimum absolute atomic E-state index is 0.0226. The number of amides is 1. The summed E-state index contributed by atoms with van der Waals surface area (Å²) in [6.07, 6.45) is -0.0745. The van der Waals surface area contributed by atoms with Gasteiger partial charge in [-0.2, -0.15) is 0 Å². The number of carbonyl (C=O) groups excluding carboxylic acids is 3. The molecule has 43 heavy (non-hydrogen) atoms. The summed E-state index contributed by atoms with van der Waals surface area (Å²) in [4.78, 5) is 44.4. The van der Waals surface area contributed by atoms with Crippen molar-refractivity contribution in [1.29, 1.82) is 0 Å². The number of furan rings is 1. The summed E-state index contributed by atoms with van der Waals surface area (Å²) in [5, 5.41) is 45.5. The highest BCUT2D eigenvalue weighted by molar-refractivity contribution is 6.22. The first kappa shape index (κ1) is 30.3. The number of nitrogens with two attached hydrogens (primary N) is 1. The topological polar surface area (TPSA) is 181 Å². The first-order valence-electron chi connectivity index (χ1n) is 14.1. The van der Waals surface area contributed by atoms with Crippen LogP contribution in [-0.2, 0) is 27.3 Å². The zero-order chi connectivity index (χ0) is 31.5. The Morgan fingerprint density at radius 3 is 2.40 bits per heavy atom. The predicted molar refractivity (Wildman–Crippen MR) is 158 cm³/mol. The number of aliphatic hydroxyl groups excluding tert-OH is 2. The molecule has 3 atom stereocenters. The van der Waals surface area contributed by atoms with Gasteiger partial charge in [0.2, 0.25) is 5.78 Å². The summed E-state index contributed by atoms with van der Waals surface area (Å²) in [7, 11) is 9.62. The molecule has 2 aromatic rings. The van der Waals surface area contributed by atoms with Crippen LogP contribution in [-0.4, -0.2) is 102 Å². The van der Waals surface area contributed by atoms with Crippen LogP contribution in [0.2, 0.25) is 0 Å². The molecule has 0 spiro atoms. The molecule has 5 rings (SSSR count). The van der Waals surface area contributed by atoms with Gasteiger partial charge in [-0.25, -0.2) is 0 Å². The molecular formula is C31H38N4O8. The zero-order valence-electron chi connectivity index (χ0n) is 25.0. The number of aromatic hydroxyl groups is 1.